The quantitative estimate of drug-likeness (QED) is 0.781. The molecule has 1 aromatic heterocycles. The largest absolute Gasteiger partial charge is 0.406 e. The minimum absolute atomic E-state index is 0.248. The average molecular weight is 264 g/mol. The molecule has 0 fully saturated rings. The smallest absolute Gasteiger partial charge is 0.322 e. The lowest BCUT2D eigenvalue weighted by atomic mass is 9.94. The molecule has 0 radical (unpaired) electrons. The zero-order valence-corrected chi connectivity index (χ0v) is 10.9. The second-order valence-corrected chi connectivity index (χ2v) is 4.93. The molecular formula is C13H14ClN3O. The van der Waals surface area contributed by atoms with Crippen molar-refractivity contribution in [1.82, 2.24) is 10.2 Å². The highest BCUT2D eigenvalue weighted by Crippen LogP contribution is 2.34. The molecule has 0 saturated heterocycles. The number of hydrogen-bond acceptors (Lipinski definition) is 4. The van der Waals surface area contributed by atoms with E-state index in [2.05, 4.69) is 40.2 Å². The Labute approximate surface area is 111 Å². The first-order valence-corrected chi connectivity index (χ1v) is 6.55. The van der Waals surface area contributed by atoms with Gasteiger partial charge in [0.25, 0.3) is 0 Å². The molecule has 0 bridgehead atoms. The first-order chi connectivity index (χ1) is 8.78. The van der Waals surface area contributed by atoms with Gasteiger partial charge in [-0.1, -0.05) is 30.2 Å². The van der Waals surface area contributed by atoms with Crippen LogP contribution in [0, 0.1) is 5.92 Å². The Morgan fingerprint density at radius 3 is 3.00 bits per heavy atom. The second-order valence-electron chi connectivity index (χ2n) is 4.66. The van der Waals surface area contributed by atoms with Crippen LogP contribution in [0.3, 0.4) is 0 Å². The topological polar surface area (TPSA) is 42.2 Å². The van der Waals surface area contributed by atoms with Crippen molar-refractivity contribution in [3.63, 3.8) is 0 Å². The lowest BCUT2D eigenvalue weighted by molar-refractivity contribution is 0.484. The maximum Gasteiger partial charge on any atom is 0.322 e. The minimum atomic E-state index is 0.248. The Morgan fingerprint density at radius 1 is 1.39 bits per heavy atom. The number of hydrogen-bond donors (Lipinski definition) is 0. The first kappa shape index (κ1) is 11.5. The standard InChI is InChI=1S/C13H14ClN3O/c1-9-6-10-4-2-3-5-11(10)17(8-9)13-16-15-12(7-14)18-13/h2-5,9H,6-8H2,1H3. The van der Waals surface area contributed by atoms with E-state index in [1.54, 1.807) is 0 Å². The van der Waals surface area contributed by atoms with Crippen LogP contribution in [0.5, 0.6) is 0 Å². The number of fused-ring (bicyclic) bond motifs is 1. The monoisotopic (exact) mass is 263 g/mol. The van der Waals surface area contributed by atoms with E-state index in [-0.39, 0.29) is 5.88 Å². The highest BCUT2D eigenvalue weighted by molar-refractivity contribution is 6.16. The zero-order valence-electron chi connectivity index (χ0n) is 10.1. The third kappa shape index (κ3) is 1.97. The molecule has 0 spiro atoms. The van der Waals surface area contributed by atoms with E-state index in [9.17, 15) is 0 Å². The Morgan fingerprint density at radius 2 is 2.22 bits per heavy atom. The third-order valence-corrected chi connectivity index (χ3v) is 3.38. The van der Waals surface area contributed by atoms with Crippen LogP contribution in [0.4, 0.5) is 11.7 Å². The Hall–Kier alpha value is -1.55. The number of nitrogens with zero attached hydrogens (tertiary/aromatic N) is 3. The van der Waals surface area contributed by atoms with Crippen molar-refractivity contribution in [2.24, 2.45) is 5.92 Å². The van der Waals surface area contributed by atoms with Gasteiger partial charge >= 0.3 is 6.01 Å². The van der Waals surface area contributed by atoms with Gasteiger partial charge in [0, 0.05) is 12.2 Å². The van der Waals surface area contributed by atoms with Gasteiger partial charge in [0.05, 0.1) is 0 Å². The van der Waals surface area contributed by atoms with Crippen molar-refractivity contribution >= 4 is 23.3 Å². The SMILES string of the molecule is CC1Cc2ccccc2N(c2nnc(CCl)o2)C1. The molecule has 5 heteroatoms. The van der Waals surface area contributed by atoms with E-state index in [1.807, 2.05) is 6.07 Å². The average Bonchev–Trinajstić information content (AvgIpc) is 2.86. The molecule has 1 aromatic carbocycles. The van der Waals surface area contributed by atoms with Crippen LogP contribution in [-0.2, 0) is 12.3 Å². The van der Waals surface area contributed by atoms with Crippen molar-refractivity contribution in [2.75, 3.05) is 11.4 Å². The molecule has 1 aliphatic rings. The molecular weight excluding hydrogens is 250 g/mol. The number of benzene rings is 1. The van der Waals surface area contributed by atoms with Crippen LogP contribution in [-0.4, -0.2) is 16.7 Å². The molecule has 18 heavy (non-hydrogen) atoms. The molecule has 1 unspecified atom stereocenters. The summed E-state index contributed by atoms with van der Waals surface area (Å²) < 4.78 is 5.55. The minimum Gasteiger partial charge on any atom is -0.406 e. The summed E-state index contributed by atoms with van der Waals surface area (Å²) in [6.45, 7) is 3.11. The molecule has 94 valence electrons. The van der Waals surface area contributed by atoms with Gasteiger partial charge in [-0.2, -0.15) is 0 Å². The van der Waals surface area contributed by atoms with E-state index >= 15 is 0 Å². The van der Waals surface area contributed by atoms with Crippen LogP contribution < -0.4 is 4.90 Å². The van der Waals surface area contributed by atoms with Crippen molar-refractivity contribution in [3.05, 3.63) is 35.7 Å². The van der Waals surface area contributed by atoms with E-state index in [4.69, 9.17) is 16.0 Å². The van der Waals surface area contributed by atoms with Crippen LogP contribution in [0.2, 0.25) is 0 Å². The molecule has 2 heterocycles. The molecule has 0 aliphatic carbocycles. The molecule has 1 atom stereocenters. The summed E-state index contributed by atoms with van der Waals surface area (Å²) in [5, 5.41) is 7.99. The van der Waals surface area contributed by atoms with Crippen molar-refractivity contribution < 1.29 is 4.42 Å². The summed E-state index contributed by atoms with van der Waals surface area (Å²) in [4.78, 5) is 2.08. The predicted molar refractivity (Wildman–Crippen MR) is 70.2 cm³/mol. The third-order valence-electron chi connectivity index (χ3n) is 3.15. The van der Waals surface area contributed by atoms with E-state index in [0.717, 1.165) is 18.7 Å². The predicted octanol–water partition coefficient (Wildman–Crippen LogP) is 3.14. The van der Waals surface area contributed by atoms with Crippen LogP contribution in [0.15, 0.2) is 28.7 Å². The van der Waals surface area contributed by atoms with Crippen molar-refractivity contribution in [2.45, 2.75) is 19.2 Å². The molecule has 2 aromatic rings. The summed E-state index contributed by atoms with van der Waals surface area (Å²) in [6.07, 6.45) is 1.09. The Balaban J connectivity index is 2.01. The summed E-state index contributed by atoms with van der Waals surface area (Å²) in [5.41, 5.74) is 2.47. The van der Waals surface area contributed by atoms with Crippen LogP contribution in [0.25, 0.3) is 0 Å². The van der Waals surface area contributed by atoms with Gasteiger partial charge in [-0.3, -0.25) is 4.90 Å². The maximum atomic E-state index is 5.69. The highest BCUT2D eigenvalue weighted by Gasteiger charge is 2.25. The molecule has 4 nitrogen and oxygen atoms in total. The number of anilines is 2. The van der Waals surface area contributed by atoms with Gasteiger partial charge in [-0.05, 0) is 24.0 Å². The zero-order chi connectivity index (χ0) is 12.5. The lowest BCUT2D eigenvalue weighted by Crippen LogP contribution is -2.30. The lowest BCUT2D eigenvalue weighted by Gasteiger charge is -2.31. The first-order valence-electron chi connectivity index (χ1n) is 6.01. The summed E-state index contributed by atoms with van der Waals surface area (Å²) in [7, 11) is 0. The number of halogens is 1. The van der Waals surface area contributed by atoms with Gasteiger partial charge in [0.2, 0.25) is 5.89 Å². The molecule has 1 aliphatic heterocycles. The van der Waals surface area contributed by atoms with Crippen molar-refractivity contribution in [1.29, 1.82) is 0 Å². The second kappa shape index (κ2) is 4.61. The molecule has 0 amide bonds. The number of alkyl halides is 1. The molecule has 0 N–H and O–H groups in total. The number of rotatable bonds is 2. The fourth-order valence-corrected chi connectivity index (χ4v) is 2.49. The summed E-state index contributed by atoms with van der Waals surface area (Å²) in [5.74, 6) is 1.27. The fourth-order valence-electron chi connectivity index (χ4n) is 2.39. The van der Waals surface area contributed by atoms with E-state index in [0.29, 0.717) is 17.8 Å². The van der Waals surface area contributed by atoms with Gasteiger partial charge in [0.1, 0.15) is 5.88 Å². The van der Waals surface area contributed by atoms with Gasteiger partial charge in [0.15, 0.2) is 0 Å². The van der Waals surface area contributed by atoms with Gasteiger partial charge < -0.3 is 4.42 Å². The van der Waals surface area contributed by atoms with E-state index < -0.39 is 0 Å². The van der Waals surface area contributed by atoms with Gasteiger partial charge in [-0.25, -0.2) is 0 Å². The fraction of sp³-hybridized carbons (Fsp3) is 0.385. The van der Waals surface area contributed by atoms with Gasteiger partial charge in [-0.15, -0.1) is 16.7 Å². The normalized spacial score (nSPS) is 18.8. The Bertz CT molecular complexity index is 555. The number of para-hydroxylation sites is 1. The summed E-state index contributed by atoms with van der Waals surface area (Å²) in [6, 6.07) is 8.86. The van der Waals surface area contributed by atoms with Crippen molar-refractivity contribution in [3.8, 4) is 0 Å². The van der Waals surface area contributed by atoms with Crippen LogP contribution >= 0.6 is 11.6 Å². The summed E-state index contributed by atoms with van der Waals surface area (Å²) >= 11 is 5.69. The highest BCUT2D eigenvalue weighted by atomic mass is 35.5. The molecule has 0 saturated carbocycles. The molecule has 3 rings (SSSR count). The van der Waals surface area contributed by atoms with Crippen LogP contribution in [0.1, 0.15) is 18.4 Å². The Kier molecular flexibility index (Phi) is 2.96. The number of aromatic nitrogens is 2. The maximum absolute atomic E-state index is 5.69. The van der Waals surface area contributed by atoms with E-state index in [1.165, 1.54) is 5.56 Å².